The number of pyridine rings is 1. The van der Waals surface area contributed by atoms with Gasteiger partial charge in [-0.15, -0.1) is 0 Å². The lowest BCUT2D eigenvalue weighted by molar-refractivity contribution is 0.576. The molecular weight excluding hydrogens is 248 g/mol. The van der Waals surface area contributed by atoms with Crippen LogP contribution in [0.1, 0.15) is 12.5 Å². The second-order valence-electron chi connectivity index (χ2n) is 4.24. The van der Waals surface area contributed by atoms with Crippen molar-refractivity contribution in [1.82, 2.24) is 4.98 Å². The highest BCUT2D eigenvalue weighted by Gasteiger charge is 2.16. The summed E-state index contributed by atoms with van der Waals surface area (Å²) in [6, 6.07) is 8.33. The lowest BCUT2D eigenvalue weighted by Crippen LogP contribution is -2.20. The fourth-order valence-corrected chi connectivity index (χ4v) is 1.91. The van der Waals surface area contributed by atoms with Gasteiger partial charge < -0.3 is 10.6 Å². The fraction of sp³-hybridized carbons (Fsp3) is 0.214. The van der Waals surface area contributed by atoms with Crippen molar-refractivity contribution in [2.45, 2.75) is 13.8 Å². The predicted octanol–water partition coefficient (Wildman–Crippen LogP) is 3.41. The summed E-state index contributed by atoms with van der Waals surface area (Å²) in [6.45, 7) is 4.31. The van der Waals surface area contributed by atoms with Crippen molar-refractivity contribution >= 4 is 17.3 Å². The Morgan fingerprint density at radius 1 is 1.21 bits per heavy atom. The normalized spacial score (nSPS) is 10.5. The van der Waals surface area contributed by atoms with Crippen molar-refractivity contribution in [3.05, 3.63) is 47.5 Å². The summed E-state index contributed by atoms with van der Waals surface area (Å²) >= 11 is 0. The monoisotopic (exact) mass is 263 g/mol. The molecule has 2 N–H and O–H groups in total. The van der Waals surface area contributed by atoms with Crippen molar-refractivity contribution in [1.29, 1.82) is 0 Å². The molecule has 5 heteroatoms. The number of nitrogens with zero attached hydrogens (tertiary/aromatic N) is 2. The summed E-state index contributed by atoms with van der Waals surface area (Å²) in [5.41, 5.74) is 7.25. The van der Waals surface area contributed by atoms with E-state index in [0.29, 0.717) is 6.54 Å². The number of hydrogen-bond acceptors (Lipinski definition) is 3. The third-order valence-electron chi connectivity index (χ3n) is 2.82. The number of nitrogens with two attached hydrogens (primary N) is 1. The van der Waals surface area contributed by atoms with Crippen LogP contribution < -0.4 is 10.6 Å². The van der Waals surface area contributed by atoms with Gasteiger partial charge in [0, 0.05) is 18.3 Å². The molecule has 0 amide bonds. The molecule has 19 heavy (non-hydrogen) atoms. The number of aromatic nitrogens is 1. The maximum Gasteiger partial charge on any atom is 0.171 e. The largest absolute Gasteiger partial charge is 0.381 e. The number of halogens is 2. The Balaban J connectivity index is 2.51. The quantitative estimate of drug-likeness (QED) is 0.922. The molecule has 0 bridgehead atoms. The van der Waals surface area contributed by atoms with E-state index in [4.69, 9.17) is 5.73 Å². The smallest absolute Gasteiger partial charge is 0.171 e. The first-order chi connectivity index (χ1) is 9.02. The Bertz CT molecular complexity index is 599. The van der Waals surface area contributed by atoms with Gasteiger partial charge in [-0.2, -0.15) is 0 Å². The van der Waals surface area contributed by atoms with E-state index < -0.39 is 11.6 Å². The van der Waals surface area contributed by atoms with E-state index in [1.54, 1.807) is 4.90 Å². The van der Waals surface area contributed by atoms with Crippen LogP contribution in [-0.2, 0) is 0 Å². The average molecular weight is 263 g/mol. The third-order valence-corrected chi connectivity index (χ3v) is 2.82. The molecule has 1 aromatic carbocycles. The Morgan fingerprint density at radius 3 is 2.58 bits per heavy atom. The zero-order valence-corrected chi connectivity index (χ0v) is 10.8. The first-order valence-electron chi connectivity index (χ1n) is 5.98. The molecule has 0 unspecified atom stereocenters. The van der Waals surface area contributed by atoms with E-state index in [1.807, 2.05) is 38.1 Å². The first-order valence-corrected chi connectivity index (χ1v) is 5.98. The van der Waals surface area contributed by atoms with Crippen molar-refractivity contribution < 1.29 is 8.78 Å². The molecule has 0 saturated carbocycles. The highest BCUT2D eigenvalue weighted by Crippen LogP contribution is 2.28. The van der Waals surface area contributed by atoms with E-state index in [2.05, 4.69) is 4.98 Å². The molecule has 0 atom stereocenters. The van der Waals surface area contributed by atoms with Gasteiger partial charge in [-0.3, -0.25) is 0 Å². The predicted molar refractivity (Wildman–Crippen MR) is 72.4 cm³/mol. The van der Waals surface area contributed by atoms with Gasteiger partial charge in [0.15, 0.2) is 23.3 Å². The topological polar surface area (TPSA) is 42.2 Å². The molecule has 0 spiro atoms. The fourth-order valence-electron chi connectivity index (χ4n) is 1.91. The second-order valence-corrected chi connectivity index (χ2v) is 4.24. The van der Waals surface area contributed by atoms with Crippen molar-refractivity contribution in [3.63, 3.8) is 0 Å². The molecule has 0 aliphatic rings. The molecule has 1 aromatic heterocycles. The van der Waals surface area contributed by atoms with Crippen molar-refractivity contribution in [2.75, 3.05) is 17.2 Å². The summed E-state index contributed by atoms with van der Waals surface area (Å²) < 4.78 is 27.0. The molecular formula is C14H15F2N3. The van der Waals surface area contributed by atoms with Gasteiger partial charge in [0.2, 0.25) is 0 Å². The molecule has 100 valence electrons. The van der Waals surface area contributed by atoms with Crippen molar-refractivity contribution in [3.8, 4) is 0 Å². The summed E-state index contributed by atoms with van der Waals surface area (Å²) in [7, 11) is 0. The van der Waals surface area contributed by atoms with E-state index in [1.165, 1.54) is 0 Å². The second kappa shape index (κ2) is 5.22. The van der Waals surface area contributed by atoms with Crippen LogP contribution >= 0.6 is 0 Å². The van der Waals surface area contributed by atoms with Crippen LogP contribution in [0.3, 0.4) is 0 Å². The van der Waals surface area contributed by atoms with Gasteiger partial charge in [0.1, 0.15) is 0 Å². The van der Waals surface area contributed by atoms with E-state index in [0.717, 1.165) is 17.3 Å². The Hall–Kier alpha value is -2.17. The summed E-state index contributed by atoms with van der Waals surface area (Å²) in [4.78, 5) is 5.45. The maximum atomic E-state index is 13.9. The molecule has 0 radical (unpaired) electrons. The lowest BCUT2D eigenvalue weighted by atomic mass is 10.2. The molecule has 0 aliphatic heterocycles. The Kier molecular flexibility index (Phi) is 3.64. The van der Waals surface area contributed by atoms with Crippen LogP contribution in [0.4, 0.5) is 26.1 Å². The highest BCUT2D eigenvalue weighted by atomic mass is 19.1. The Labute approximate surface area is 110 Å². The average Bonchev–Trinajstić information content (AvgIpc) is 2.36. The zero-order valence-electron chi connectivity index (χ0n) is 10.8. The molecule has 0 saturated heterocycles. The Morgan fingerprint density at radius 2 is 1.95 bits per heavy atom. The van der Waals surface area contributed by atoms with Gasteiger partial charge in [-0.1, -0.05) is 12.1 Å². The van der Waals surface area contributed by atoms with Gasteiger partial charge in [-0.25, -0.2) is 13.8 Å². The molecule has 2 rings (SSSR count). The number of aryl methyl sites for hydroxylation is 1. The van der Waals surface area contributed by atoms with Crippen LogP contribution in [0.2, 0.25) is 0 Å². The lowest BCUT2D eigenvalue weighted by Gasteiger charge is -2.23. The standard InChI is InChI=1S/C14H15F2N3/c1-3-19(10-6-4-5-9(2)7-10)14-12(16)8-11(15)13(17)18-14/h4-8H,3H2,1-2H3,(H2,17,18). The molecule has 0 aliphatic carbocycles. The highest BCUT2D eigenvalue weighted by molar-refractivity contribution is 5.62. The maximum absolute atomic E-state index is 13.9. The number of nitrogen functional groups attached to an aromatic ring is 1. The SMILES string of the molecule is CCN(c1cccc(C)c1)c1nc(N)c(F)cc1F. The third kappa shape index (κ3) is 2.65. The van der Waals surface area contributed by atoms with Crippen LogP contribution in [0, 0.1) is 18.6 Å². The van der Waals surface area contributed by atoms with Crippen LogP contribution in [0.5, 0.6) is 0 Å². The zero-order chi connectivity index (χ0) is 14.0. The molecule has 0 fully saturated rings. The van der Waals surface area contributed by atoms with Gasteiger partial charge in [0.25, 0.3) is 0 Å². The van der Waals surface area contributed by atoms with E-state index in [9.17, 15) is 8.78 Å². The van der Waals surface area contributed by atoms with Crippen molar-refractivity contribution in [2.24, 2.45) is 0 Å². The molecule has 2 aromatic rings. The minimum Gasteiger partial charge on any atom is -0.381 e. The number of benzene rings is 1. The summed E-state index contributed by atoms with van der Waals surface area (Å²) in [5, 5.41) is 0. The summed E-state index contributed by atoms with van der Waals surface area (Å²) in [6.07, 6.45) is 0. The van der Waals surface area contributed by atoms with Crippen LogP contribution in [-0.4, -0.2) is 11.5 Å². The van der Waals surface area contributed by atoms with E-state index >= 15 is 0 Å². The minimum atomic E-state index is -0.846. The first kappa shape index (κ1) is 13.3. The van der Waals surface area contributed by atoms with Crippen LogP contribution in [0.15, 0.2) is 30.3 Å². The molecule has 1 heterocycles. The van der Waals surface area contributed by atoms with E-state index in [-0.39, 0.29) is 11.6 Å². The van der Waals surface area contributed by atoms with Gasteiger partial charge in [-0.05, 0) is 31.5 Å². The minimum absolute atomic E-state index is 0.0343. The van der Waals surface area contributed by atoms with Gasteiger partial charge >= 0.3 is 0 Å². The number of anilines is 3. The summed E-state index contributed by atoms with van der Waals surface area (Å²) in [5.74, 6) is -1.84. The van der Waals surface area contributed by atoms with Crippen LogP contribution in [0.25, 0.3) is 0 Å². The number of rotatable bonds is 3. The number of hydrogen-bond donors (Lipinski definition) is 1. The van der Waals surface area contributed by atoms with Gasteiger partial charge in [0.05, 0.1) is 0 Å². The molecule has 3 nitrogen and oxygen atoms in total.